The second-order valence-corrected chi connectivity index (χ2v) is 5.20. The molecule has 1 atom stereocenters. The predicted molar refractivity (Wildman–Crippen MR) is 68.4 cm³/mol. The third-order valence-electron chi connectivity index (χ3n) is 3.10. The number of aromatic amines is 1. The highest BCUT2D eigenvalue weighted by molar-refractivity contribution is 9.10. The molecule has 4 heteroatoms. The molecular weight excluding hydrogens is 266 g/mol. The Morgan fingerprint density at radius 2 is 2.25 bits per heavy atom. The fourth-order valence-corrected chi connectivity index (χ4v) is 2.61. The fourth-order valence-electron chi connectivity index (χ4n) is 2.25. The Labute approximate surface area is 103 Å². The molecule has 0 saturated carbocycles. The van der Waals surface area contributed by atoms with Crippen LogP contribution in [0.5, 0.6) is 0 Å². The molecule has 0 spiro atoms. The van der Waals surface area contributed by atoms with E-state index in [0.717, 1.165) is 27.9 Å². The number of nitrogens with zero attached hydrogens (tertiary/aromatic N) is 1. The van der Waals surface area contributed by atoms with Gasteiger partial charge < -0.3 is 10.3 Å². The largest absolute Gasteiger partial charge is 0.341 e. The molecule has 3 nitrogen and oxygen atoms in total. The second kappa shape index (κ2) is 4.18. The quantitative estimate of drug-likeness (QED) is 0.842. The highest BCUT2D eigenvalue weighted by Gasteiger charge is 2.17. The first-order chi connectivity index (χ1) is 7.83. The number of rotatable bonds is 1. The highest BCUT2D eigenvalue weighted by atomic mass is 79.9. The van der Waals surface area contributed by atoms with Crippen molar-refractivity contribution in [3.8, 4) is 0 Å². The van der Waals surface area contributed by atoms with Crippen molar-refractivity contribution in [2.75, 3.05) is 6.54 Å². The first-order valence-electron chi connectivity index (χ1n) is 5.71. The fraction of sp³-hybridized carbons (Fsp3) is 0.417. The summed E-state index contributed by atoms with van der Waals surface area (Å²) in [5, 5.41) is 3.51. The monoisotopic (exact) mass is 279 g/mol. The van der Waals surface area contributed by atoms with Crippen LogP contribution in [0.4, 0.5) is 0 Å². The number of halogens is 1. The predicted octanol–water partition coefficient (Wildman–Crippen LogP) is 3.14. The van der Waals surface area contributed by atoms with E-state index in [9.17, 15) is 0 Å². The second-order valence-electron chi connectivity index (χ2n) is 4.29. The molecule has 1 unspecified atom stereocenters. The first-order valence-corrected chi connectivity index (χ1v) is 6.51. The molecule has 1 aliphatic rings. The van der Waals surface area contributed by atoms with E-state index in [1.807, 2.05) is 12.1 Å². The molecule has 0 bridgehead atoms. The summed E-state index contributed by atoms with van der Waals surface area (Å²) in [6.07, 6.45) is 3.75. The molecule has 1 aromatic heterocycles. The Morgan fingerprint density at radius 3 is 3.06 bits per heavy atom. The molecule has 84 valence electrons. The van der Waals surface area contributed by atoms with Crippen LogP contribution in [0, 0.1) is 0 Å². The lowest BCUT2D eigenvalue weighted by Gasteiger charge is -2.21. The maximum Gasteiger partial charge on any atom is 0.124 e. The normalized spacial score (nSPS) is 21.4. The van der Waals surface area contributed by atoms with Gasteiger partial charge in [0.25, 0.3) is 0 Å². The molecule has 1 fully saturated rings. The Kier molecular flexibility index (Phi) is 2.69. The van der Waals surface area contributed by atoms with E-state index >= 15 is 0 Å². The lowest BCUT2D eigenvalue weighted by molar-refractivity contribution is 0.400. The average Bonchev–Trinajstić information content (AvgIpc) is 2.73. The number of hydrogen-bond acceptors (Lipinski definition) is 2. The van der Waals surface area contributed by atoms with Crippen LogP contribution < -0.4 is 5.32 Å². The van der Waals surface area contributed by atoms with Crippen molar-refractivity contribution in [1.29, 1.82) is 0 Å². The van der Waals surface area contributed by atoms with E-state index in [1.54, 1.807) is 0 Å². The zero-order valence-electron chi connectivity index (χ0n) is 8.96. The van der Waals surface area contributed by atoms with E-state index in [2.05, 4.69) is 37.3 Å². The van der Waals surface area contributed by atoms with Crippen LogP contribution in [-0.2, 0) is 0 Å². The van der Waals surface area contributed by atoms with Crippen LogP contribution in [0.3, 0.4) is 0 Å². The topological polar surface area (TPSA) is 40.7 Å². The minimum atomic E-state index is 0.403. The number of benzene rings is 1. The van der Waals surface area contributed by atoms with Gasteiger partial charge in [0.2, 0.25) is 0 Å². The molecule has 0 aliphatic carbocycles. The van der Waals surface area contributed by atoms with Gasteiger partial charge in [-0.3, -0.25) is 0 Å². The Hall–Kier alpha value is -0.870. The molecule has 1 aliphatic heterocycles. The zero-order chi connectivity index (χ0) is 11.0. The van der Waals surface area contributed by atoms with E-state index in [1.165, 1.54) is 19.3 Å². The van der Waals surface area contributed by atoms with Gasteiger partial charge in [-0.15, -0.1) is 0 Å². The zero-order valence-corrected chi connectivity index (χ0v) is 10.5. The smallest absolute Gasteiger partial charge is 0.124 e. The summed E-state index contributed by atoms with van der Waals surface area (Å²) in [6, 6.07) is 6.55. The highest BCUT2D eigenvalue weighted by Crippen LogP contribution is 2.24. The van der Waals surface area contributed by atoms with Gasteiger partial charge in [-0.05, 0) is 37.6 Å². The first kappa shape index (κ1) is 10.3. The SMILES string of the molecule is Brc1ccc2nc(C3CCCCN3)[nH]c2c1. The Balaban J connectivity index is 1.97. The van der Waals surface area contributed by atoms with Crippen LogP contribution in [-0.4, -0.2) is 16.5 Å². The van der Waals surface area contributed by atoms with Gasteiger partial charge in [0.15, 0.2) is 0 Å². The van der Waals surface area contributed by atoms with E-state index in [0.29, 0.717) is 6.04 Å². The van der Waals surface area contributed by atoms with Crippen molar-refractivity contribution >= 4 is 27.0 Å². The molecule has 0 amide bonds. The summed E-state index contributed by atoms with van der Waals surface area (Å²) in [4.78, 5) is 8.04. The van der Waals surface area contributed by atoms with Gasteiger partial charge in [-0.2, -0.15) is 0 Å². The number of nitrogens with one attached hydrogen (secondary N) is 2. The van der Waals surface area contributed by atoms with Crippen LogP contribution in [0.25, 0.3) is 11.0 Å². The maximum atomic E-state index is 4.64. The molecule has 2 N–H and O–H groups in total. The number of piperidine rings is 1. The van der Waals surface area contributed by atoms with Crippen LogP contribution >= 0.6 is 15.9 Å². The summed E-state index contributed by atoms with van der Waals surface area (Å²) < 4.78 is 1.09. The van der Waals surface area contributed by atoms with E-state index in [-0.39, 0.29) is 0 Å². The molecule has 2 heterocycles. The van der Waals surface area contributed by atoms with Crippen molar-refractivity contribution in [2.45, 2.75) is 25.3 Å². The van der Waals surface area contributed by atoms with Gasteiger partial charge in [0.1, 0.15) is 5.82 Å². The Bertz CT molecular complexity index is 500. The summed E-state index contributed by atoms with van der Waals surface area (Å²) in [5.41, 5.74) is 2.15. The van der Waals surface area contributed by atoms with Crippen molar-refractivity contribution in [2.24, 2.45) is 0 Å². The van der Waals surface area contributed by atoms with Crippen LogP contribution in [0.15, 0.2) is 22.7 Å². The lowest BCUT2D eigenvalue weighted by Crippen LogP contribution is -2.27. The van der Waals surface area contributed by atoms with Crippen LogP contribution in [0.2, 0.25) is 0 Å². The van der Waals surface area contributed by atoms with Crippen molar-refractivity contribution in [3.63, 3.8) is 0 Å². The number of aromatic nitrogens is 2. The number of H-pyrrole nitrogens is 1. The Morgan fingerprint density at radius 1 is 1.31 bits per heavy atom. The summed E-state index contributed by atoms with van der Waals surface area (Å²) in [6.45, 7) is 1.10. The molecule has 1 saturated heterocycles. The molecule has 1 aromatic carbocycles. The summed E-state index contributed by atoms with van der Waals surface area (Å²) >= 11 is 3.47. The summed E-state index contributed by atoms with van der Waals surface area (Å²) in [5.74, 6) is 1.08. The maximum absolute atomic E-state index is 4.64. The van der Waals surface area contributed by atoms with E-state index < -0.39 is 0 Å². The van der Waals surface area contributed by atoms with Crippen molar-refractivity contribution in [3.05, 3.63) is 28.5 Å². The third-order valence-corrected chi connectivity index (χ3v) is 3.60. The standard InChI is InChI=1S/C12H14BrN3/c13-8-4-5-9-11(7-8)16-12(15-9)10-3-1-2-6-14-10/h4-5,7,10,14H,1-3,6H2,(H,15,16). The molecule has 2 aromatic rings. The molecule has 3 rings (SSSR count). The summed E-state index contributed by atoms with van der Waals surface area (Å²) in [7, 11) is 0. The minimum Gasteiger partial charge on any atom is -0.341 e. The number of imidazole rings is 1. The minimum absolute atomic E-state index is 0.403. The molecular formula is C12H14BrN3. The van der Waals surface area contributed by atoms with Gasteiger partial charge in [-0.1, -0.05) is 22.4 Å². The number of hydrogen-bond donors (Lipinski definition) is 2. The van der Waals surface area contributed by atoms with Crippen molar-refractivity contribution in [1.82, 2.24) is 15.3 Å². The van der Waals surface area contributed by atoms with Gasteiger partial charge in [0, 0.05) is 4.47 Å². The molecule has 16 heavy (non-hydrogen) atoms. The van der Waals surface area contributed by atoms with Crippen LogP contribution in [0.1, 0.15) is 31.1 Å². The molecule has 0 radical (unpaired) electrons. The van der Waals surface area contributed by atoms with Gasteiger partial charge in [0.05, 0.1) is 17.1 Å². The number of fused-ring (bicyclic) bond motifs is 1. The van der Waals surface area contributed by atoms with Gasteiger partial charge >= 0.3 is 0 Å². The third kappa shape index (κ3) is 1.87. The van der Waals surface area contributed by atoms with E-state index in [4.69, 9.17) is 0 Å². The van der Waals surface area contributed by atoms with Gasteiger partial charge in [-0.25, -0.2) is 4.98 Å². The average molecular weight is 280 g/mol. The van der Waals surface area contributed by atoms with Crippen molar-refractivity contribution < 1.29 is 0 Å². The lowest BCUT2D eigenvalue weighted by atomic mass is 10.0.